The summed E-state index contributed by atoms with van der Waals surface area (Å²) in [6, 6.07) is 0. The van der Waals surface area contributed by atoms with Crippen molar-refractivity contribution >= 4 is 70.5 Å². The van der Waals surface area contributed by atoms with E-state index in [2.05, 4.69) is 0 Å². The van der Waals surface area contributed by atoms with Crippen molar-refractivity contribution in [1.82, 2.24) is 0 Å². The van der Waals surface area contributed by atoms with Gasteiger partial charge in [-0.3, -0.25) is 0 Å². The third-order valence-electron chi connectivity index (χ3n) is 7.54. The summed E-state index contributed by atoms with van der Waals surface area (Å²) in [5.41, 5.74) is 0. The number of aliphatic carboxylic acids is 6. The van der Waals surface area contributed by atoms with Crippen molar-refractivity contribution in [3.05, 3.63) is 0 Å². The Kier molecular flexibility index (Phi) is 53.7. The quantitative estimate of drug-likeness (QED) is 0.0657. The zero-order valence-corrected chi connectivity index (χ0v) is 32.6. The van der Waals surface area contributed by atoms with Gasteiger partial charge in [0.25, 0.3) is 0 Å². The molecule has 0 aliphatic rings. The van der Waals surface area contributed by atoms with Gasteiger partial charge in [0.05, 0.1) is 0 Å². The van der Waals surface area contributed by atoms with Crippen LogP contribution < -0.4 is 30.6 Å². The molecule has 0 saturated carbocycles. The number of hydrogen-bond donors (Lipinski definition) is 0. The molecule has 0 bridgehead atoms. The minimum atomic E-state index is -0.970. The normalized spacial score (nSPS) is 9.84. The molecule has 0 heterocycles. The average molecular weight is 739 g/mol. The molecule has 0 unspecified atom stereocenters. The van der Waals surface area contributed by atoms with Crippen LogP contribution >= 0.6 is 0 Å². The van der Waals surface area contributed by atoms with Crippen molar-refractivity contribution in [1.29, 1.82) is 0 Å². The van der Waals surface area contributed by atoms with Gasteiger partial charge >= 0.3 is 34.7 Å². The molecule has 0 spiro atoms. The summed E-state index contributed by atoms with van der Waals surface area (Å²) in [4.78, 5) is 60.6. The fraction of sp³-hybridized carbons (Fsp3) is 0.833. The minimum Gasteiger partial charge on any atom is -0.550 e. The van der Waals surface area contributed by atoms with Crippen molar-refractivity contribution in [2.24, 2.45) is 0 Å². The van der Waals surface area contributed by atoms with E-state index in [1.165, 1.54) is 0 Å². The maximum absolute atomic E-state index is 10.1. The molecule has 0 fully saturated rings. The standard InChI is InChI=1S/3C12H22O4.2Al/c3*13-11(14)9-7-5-3-1-2-4-6-8-10-12(15)16;;/h3*1-10H2,(H,13,14)(H,15,16);;/q;;;2*+3/p-6. The number of hydrogen-bond acceptors (Lipinski definition) is 12. The monoisotopic (exact) mass is 738 g/mol. The Hall–Kier alpha value is -2.12. The number of rotatable bonds is 33. The molecule has 0 radical (unpaired) electrons. The molecule has 282 valence electrons. The first-order valence-electron chi connectivity index (χ1n) is 18.1. The van der Waals surface area contributed by atoms with E-state index in [-0.39, 0.29) is 73.2 Å². The largest absolute Gasteiger partial charge is 3.00 e. The number of carboxylic acids is 6. The topological polar surface area (TPSA) is 241 Å². The maximum Gasteiger partial charge on any atom is 3.00 e. The zero-order valence-electron chi connectivity index (χ0n) is 30.3. The van der Waals surface area contributed by atoms with Gasteiger partial charge in [-0.2, -0.15) is 0 Å². The third kappa shape index (κ3) is 67.9. The SMILES string of the molecule is O=C([O-])CCCCCCCCCCC(=O)[O-].O=C([O-])CCCCCCCCCCC(=O)[O-].O=C([O-])CCCCCCCCCCC(=O)[O-].[Al+3].[Al+3]. The van der Waals surface area contributed by atoms with Crippen molar-refractivity contribution in [2.45, 2.75) is 193 Å². The average Bonchev–Trinajstić information content (AvgIpc) is 2.99. The minimum absolute atomic E-state index is 0. The van der Waals surface area contributed by atoms with E-state index in [1.54, 1.807) is 0 Å². The van der Waals surface area contributed by atoms with Gasteiger partial charge in [-0.1, -0.05) is 116 Å². The molecule has 0 amide bonds. The molecule has 12 nitrogen and oxygen atoms in total. The van der Waals surface area contributed by atoms with E-state index < -0.39 is 35.8 Å². The number of carbonyl (C=O) groups excluding carboxylic acids is 6. The summed E-state index contributed by atoms with van der Waals surface area (Å²) >= 11 is 0. The van der Waals surface area contributed by atoms with Gasteiger partial charge in [-0.15, -0.1) is 0 Å². The smallest absolute Gasteiger partial charge is 0.550 e. The van der Waals surface area contributed by atoms with Gasteiger partial charge in [0.15, 0.2) is 0 Å². The van der Waals surface area contributed by atoms with Crippen LogP contribution in [0.2, 0.25) is 0 Å². The molecule has 0 rings (SSSR count). The zero-order chi connectivity index (χ0) is 36.7. The van der Waals surface area contributed by atoms with Crippen molar-refractivity contribution in [3.63, 3.8) is 0 Å². The molecule has 0 aliphatic heterocycles. The van der Waals surface area contributed by atoms with Crippen LogP contribution in [-0.2, 0) is 28.8 Å². The molecule has 14 heteroatoms. The fourth-order valence-corrected chi connectivity index (χ4v) is 4.80. The van der Waals surface area contributed by atoms with Crippen LogP contribution in [0.1, 0.15) is 193 Å². The van der Waals surface area contributed by atoms with E-state index >= 15 is 0 Å². The first-order chi connectivity index (χ1) is 22.9. The van der Waals surface area contributed by atoms with Crippen molar-refractivity contribution < 1.29 is 59.4 Å². The van der Waals surface area contributed by atoms with Gasteiger partial charge in [-0.25, -0.2) is 0 Å². The summed E-state index contributed by atoms with van der Waals surface area (Å²) in [7, 11) is 0. The second-order valence-electron chi connectivity index (χ2n) is 12.2. The molecule has 0 aromatic carbocycles. The molecule has 0 atom stereocenters. The first-order valence-corrected chi connectivity index (χ1v) is 18.1. The van der Waals surface area contributed by atoms with Gasteiger partial charge in [0.1, 0.15) is 0 Å². The summed E-state index contributed by atoms with van der Waals surface area (Å²) in [5.74, 6) is -5.82. The van der Waals surface area contributed by atoms with Crippen LogP contribution in [0.3, 0.4) is 0 Å². The Morgan fingerprint density at radius 3 is 0.360 bits per heavy atom. The van der Waals surface area contributed by atoms with Gasteiger partial charge in [0.2, 0.25) is 0 Å². The molecule has 0 aromatic heterocycles. The summed E-state index contributed by atoms with van der Waals surface area (Å²) in [5, 5.41) is 60.6. The summed E-state index contributed by atoms with van der Waals surface area (Å²) < 4.78 is 0. The second-order valence-corrected chi connectivity index (χ2v) is 12.2. The van der Waals surface area contributed by atoms with Crippen LogP contribution in [0.25, 0.3) is 0 Å². The molecule has 0 saturated heterocycles. The number of unbranched alkanes of at least 4 members (excludes halogenated alkanes) is 21. The fourth-order valence-electron chi connectivity index (χ4n) is 4.80. The van der Waals surface area contributed by atoms with E-state index in [4.69, 9.17) is 0 Å². The Balaban J connectivity index is -0.000000199. The van der Waals surface area contributed by atoms with Crippen LogP contribution in [0.15, 0.2) is 0 Å². The van der Waals surface area contributed by atoms with E-state index in [9.17, 15) is 59.4 Å². The Labute approximate surface area is 321 Å². The van der Waals surface area contributed by atoms with E-state index in [1.807, 2.05) is 0 Å². The molecule has 0 aliphatic carbocycles. The van der Waals surface area contributed by atoms with Crippen LogP contribution in [0.5, 0.6) is 0 Å². The predicted molar refractivity (Wildman–Crippen MR) is 180 cm³/mol. The van der Waals surface area contributed by atoms with Gasteiger partial charge < -0.3 is 59.4 Å². The van der Waals surface area contributed by atoms with Crippen LogP contribution in [0, 0.1) is 0 Å². The summed E-state index contributed by atoms with van der Waals surface area (Å²) in [6.07, 6.45) is 23.7. The van der Waals surface area contributed by atoms with Crippen molar-refractivity contribution in [2.75, 3.05) is 0 Å². The third-order valence-corrected chi connectivity index (χ3v) is 7.54. The maximum atomic E-state index is 10.1. The van der Waals surface area contributed by atoms with E-state index in [0.717, 1.165) is 116 Å². The molecular formula is C36H60Al2O12. The number of carboxylic acid groups (broad SMARTS) is 6. The van der Waals surface area contributed by atoms with Crippen LogP contribution in [0.4, 0.5) is 0 Å². The number of carbonyl (C=O) groups is 6. The van der Waals surface area contributed by atoms with Crippen LogP contribution in [-0.4, -0.2) is 70.5 Å². The Morgan fingerprint density at radius 1 is 0.200 bits per heavy atom. The Morgan fingerprint density at radius 2 is 0.280 bits per heavy atom. The van der Waals surface area contributed by atoms with Crippen molar-refractivity contribution in [3.8, 4) is 0 Å². The second kappa shape index (κ2) is 46.9. The molecule has 50 heavy (non-hydrogen) atoms. The predicted octanol–water partition coefficient (Wildman–Crippen LogP) is 0.400. The van der Waals surface area contributed by atoms with E-state index in [0.29, 0.717) is 38.5 Å². The summed E-state index contributed by atoms with van der Waals surface area (Å²) in [6.45, 7) is 0. The first kappa shape index (κ1) is 57.2. The molecular weight excluding hydrogens is 678 g/mol. The van der Waals surface area contributed by atoms with Gasteiger partial charge in [0, 0.05) is 35.8 Å². The molecule has 0 aromatic rings. The molecule has 0 N–H and O–H groups in total. The Bertz CT molecular complexity index is 654. The van der Waals surface area contributed by atoms with Gasteiger partial charge in [-0.05, 0) is 77.0 Å².